The van der Waals surface area contributed by atoms with Crippen molar-refractivity contribution >= 4 is 11.0 Å². The average Bonchev–Trinajstić information content (AvgIpc) is 3.65. The molecule has 3 aliphatic carbocycles. The standard InChI is InChI=1S/C36H36N6/c1-2-29(37-13-1)36-40-28-12-8-22(15-31(28)41-36)24-10-11-25(34-26-9-7-21(26)14-27(24)34)19-3-5-20(6-4-19)33-18-38-35(42-33)32-17-23-16-30(23)39-32/h3-6,8,10-12,15,18,21,23,26,29-30,32,37,39H,1-2,7,9,13-14,16-17H2,(H,38,42)(H,40,41). The Bertz CT molecular complexity index is 1830. The molecule has 4 fully saturated rings. The highest BCUT2D eigenvalue weighted by Crippen LogP contribution is 2.56. The molecule has 5 aliphatic rings. The van der Waals surface area contributed by atoms with Gasteiger partial charge in [0.25, 0.3) is 0 Å². The molecule has 2 aromatic heterocycles. The Morgan fingerprint density at radius 3 is 2.43 bits per heavy atom. The van der Waals surface area contributed by atoms with Crippen molar-refractivity contribution in [2.75, 3.05) is 6.54 Å². The number of hydrogen-bond donors (Lipinski definition) is 4. The molecule has 10 rings (SSSR count). The van der Waals surface area contributed by atoms with Gasteiger partial charge in [0.2, 0.25) is 0 Å². The summed E-state index contributed by atoms with van der Waals surface area (Å²) in [5.74, 6) is 4.54. The largest absolute Gasteiger partial charge is 0.341 e. The average molecular weight is 553 g/mol. The summed E-state index contributed by atoms with van der Waals surface area (Å²) in [5.41, 5.74) is 13.2. The maximum Gasteiger partial charge on any atom is 0.124 e. The second-order valence-electron chi connectivity index (χ2n) is 13.5. The lowest BCUT2D eigenvalue weighted by molar-refractivity contribution is 0.281. The van der Waals surface area contributed by atoms with Crippen LogP contribution in [0, 0.1) is 11.8 Å². The predicted octanol–water partition coefficient (Wildman–Crippen LogP) is 7.18. The lowest BCUT2D eigenvalue weighted by Crippen LogP contribution is -2.19. The molecule has 6 nitrogen and oxygen atoms in total. The number of aromatic nitrogens is 4. The van der Waals surface area contributed by atoms with E-state index in [0.717, 1.165) is 59.2 Å². The van der Waals surface area contributed by atoms with Gasteiger partial charge in [-0.15, -0.1) is 0 Å². The molecule has 6 heteroatoms. The summed E-state index contributed by atoms with van der Waals surface area (Å²) < 4.78 is 0. The van der Waals surface area contributed by atoms with Crippen LogP contribution < -0.4 is 10.6 Å². The number of rotatable bonds is 5. The van der Waals surface area contributed by atoms with Crippen molar-refractivity contribution in [1.82, 2.24) is 30.6 Å². The van der Waals surface area contributed by atoms with Gasteiger partial charge in [0, 0.05) is 6.04 Å². The van der Waals surface area contributed by atoms with Crippen molar-refractivity contribution < 1.29 is 0 Å². The third-order valence-corrected chi connectivity index (χ3v) is 11.1. The first kappa shape index (κ1) is 23.8. The van der Waals surface area contributed by atoms with E-state index in [1.165, 1.54) is 66.3 Å². The van der Waals surface area contributed by atoms with E-state index in [1.54, 1.807) is 11.1 Å². The number of aromatic amines is 2. The highest BCUT2D eigenvalue weighted by atomic mass is 15.1. The first-order chi connectivity index (χ1) is 20.7. The van der Waals surface area contributed by atoms with Crippen molar-refractivity contribution in [3.05, 3.63) is 83.6 Å². The fraction of sp³-hybridized carbons (Fsp3) is 0.389. The van der Waals surface area contributed by atoms with E-state index in [9.17, 15) is 0 Å². The molecular formula is C36H36N6. The number of imidazole rings is 2. The van der Waals surface area contributed by atoms with E-state index < -0.39 is 0 Å². The van der Waals surface area contributed by atoms with E-state index >= 15 is 0 Å². The monoisotopic (exact) mass is 552 g/mol. The number of nitrogens with one attached hydrogen (secondary N) is 4. The molecule has 4 N–H and O–H groups in total. The smallest absolute Gasteiger partial charge is 0.124 e. The van der Waals surface area contributed by atoms with Crippen LogP contribution in [0.5, 0.6) is 0 Å². The van der Waals surface area contributed by atoms with E-state index in [0.29, 0.717) is 18.0 Å². The van der Waals surface area contributed by atoms with Gasteiger partial charge in [-0.05, 0) is 120 Å². The number of fused-ring (bicyclic) bond motifs is 5. The van der Waals surface area contributed by atoms with Crippen LogP contribution in [0.2, 0.25) is 0 Å². The summed E-state index contributed by atoms with van der Waals surface area (Å²) in [6, 6.07) is 22.2. The van der Waals surface area contributed by atoms with Gasteiger partial charge in [-0.25, -0.2) is 9.97 Å². The Kier molecular flexibility index (Phi) is 5.03. The molecule has 2 aliphatic heterocycles. The molecule has 6 unspecified atom stereocenters. The van der Waals surface area contributed by atoms with E-state index in [2.05, 4.69) is 75.2 Å². The van der Waals surface area contributed by atoms with E-state index in [-0.39, 0.29) is 0 Å². The van der Waals surface area contributed by atoms with Crippen molar-refractivity contribution in [2.24, 2.45) is 11.8 Å². The summed E-state index contributed by atoms with van der Waals surface area (Å²) in [4.78, 5) is 16.9. The molecule has 3 aromatic carbocycles. The molecule has 0 amide bonds. The van der Waals surface area contributed by atoms with Gasteiger partial charge in [-0.2, -0.15) is 0 Å². The predicted molar refractivity (Wildman–Crippen MR) is 166 cm³/mol. The highest BCUT2D eigenvalue weighted by Gasteiger charge is 2.47. The minimum atomic E-state index is 0.358. The van der Waals surface area contributed by atoms with Crippen molar-refractivity contribution in [3.8, 4) is 33.5 Å². The minimum absolute atomic E-state index is 0.358. The Morgan fingerprint density at radius 1 is 0.738 bits per heavy atom. The molecule has 210 valence electrons. The number of H-pyrrole nitrogens is 2. The van der Waals surface area contributed by atoms with E-state index in [1.807, 2.05) is 6.20 Å². The molecule has 0 radical (unpaired) electrons. The summed E-state index contributed by atoms with van der Waals surface area (Å²) >= 11 is 0. The molecule has 42 heavy (non-hydrogen) atoms. The van der Waals surface area contributed by atoms with Crippen LogP contribution in [0.1, 0.15) is 79.3 Å². The number of hydrogen-bond acceptors (Lipinski definition) is 4. The van der Waals surface area contributed by atoms with E-state index in [4.69, 9.17) is 9.97 Å². The molecule has 2 saturated heterocycles. The molecule has 2 saturated carbocycles. The van der Waals surface area contributed by atoms with Crippen molar-refractivity contribution in [2.45, 2.75) is 69.0 Å². The zero-order valence-corrected chi connectivity index (χ0v) is 23.8. The van der Waals surface area contributed by atoms with Gasteiger partial charge in [-0.1, -0.05) is 42.5 Å². The van der Waals surface area contributed by atoms with Crippen LogP contribution in [0.15, 0.2) is 60.8 Å². The molecular weight excluding hydrogens is 516 g/mol. The summed E-state index contributed by atoms with van der Waals surface area (Å²) in [6.07, 6.45) is 10.8. The lowest BCUT2D eigenvalue weighted by atomic mass is 9.73. The minimum Gasteiger partial charge on any atom is -0.341 e. The third kappa shape index (κ3) is 3.64. The number of benzene rings is 3. The molecule has 0 spiro atoms. The normalized spacial score (nSPS) is 29.0. The fourth-order valence-electron chi connectivity index (χ4n) is 8.59. The van der Waals surface area contributed by atoms with Crippen molar-refractivity contribution in [1.29, 1.82) is 0 Å². The number of nitrogens with zero attached hydrogens (tertiary/aromatic N) is 2. The van der Waals surface area contributed by atoms with Gasteiger partial charge in [-0.3, -0.25) is 0 Å². The zero-order valence-electron chi connectivity index (χ0n) is 23.8. The van der Waals surface area contributed by atoms with Gasteiger partial charge < -0.3 is 20.6 Å². The van der Waals surface area contributed by atoms with Gasteiger partial charge in [0.05, 0.1) is 35.0 Å². The van der Waals surface area contributed by atoms with Gasteiger partial charge >= 0.3 is 0 Å². The fourth-order valence-corrected chi connectivity index (χ4v) is 8.59. The molecule has 5 aromatic rings. The van der Waals surface area contributed by atoms with Gasteiger partial charge in [0.15, 0.2) is 0 Å². The quantitative estimate of drug-likeness (QED) is 0.186. The third-order valence-electron chi connectivity index (χ3n) is 11.1. The first-order valence-electron chi connectivity index (χ1n) is 16.1. The zero-order chi connectivity index (χ0) is 27.4. The van der Waals surface area contributed by atoms with Gasteiger partial charge in [0.1, 0.15) is 11.6 Å². The lowest BCUT2D eigenvalue weighted by Gasteiger charge is -2.31. The van der Waals surface area contributed by atoms with Crippen molar-refractivity contribution in [3.63, 3.8) is 0 Å². The topological polar surface area (TPSA) is 81.4 Å². The first-order valence-corrected chi connectivity index (χ1v) is 16.1. The van der Waals surface area contributed by atoms with Crippen LogP contribution in [-0.4, -0.2) is 32.5 Å². The van der Waals surface area contributed by atoms with Crippen LogP contribution in [0.3, 0.4) is 0 Å². The Balaban J connectivity index is 0.980. The molecule has 0 bridgehead atoms. The van der Waals surface area contributed by atoms with Crippen LogP contribution in [0.25, 0.3) is 44.5 Å². The highest BCUT2D eigenvalue weighted by molar-refractivity contribution is 5.86. The second kappa shape index (κ2) is 8.88. The maximum atomic E-state index is 4.92. The SMILES string of the molecule is c1cc(-c2ccc(-c3ccc4nc(C5CCCN5)[nH]c4c3)c3c2C2CCC2C3)ccc1-c1cnc(C2CC3CC3N2)[nH]1. The molecule has 6 atom stereocenters. The Hall–Kier alpha value is -3.74. The molecule has 4 heterocycles. The Labute approximate surface area is 245 Å². The van der Waals surface area contributed by atoms with Crippen LogP contribution in [-0.2, 0) is 6.42 Å². The summed E-state index contributed by atoms with van der Waals surface area (Å²) in [7, 11) is 0. The Morgan fingerprint density at radius 2 is 1.62 bits per heavy atom. The maximum absolute atomic E-state index is 4.92. The second-order valence-corrected chi connectivity index (χ2v) is 13.5. The number of piperidine rings is 1. The summed E-state index contributed by atoms with van der Waals surface area (Å²) in [6.45, 7) is 1.08. The van der Waals surface area contributed by atoms with Crippen LogP contribution in [0.4, 0.5) is 0 Å². The van der Waals surface area contributed by atoms with Crippen LogP contribution >= 0.6 is 0 Å². The summed E-state index contributed by atoms with van der Waals surface area (Å²) in [5, 5.41) is 7.29.